The van der Waals surface area contributed by atoms with Gasteiger partial charge >= 0.3 is 0 Å². The molecule has 3 rings (SSSR count). The van der Waals surface area contributed by atoms with Gasteiger partial charge in [0.2, 0.25) is 11.8 Å². The van der Waals surface area contributed by atoms with E-state index in [0.717, 1.165) is 32.0 Å². The topological polar surface area (TPSA) is 101 Å². The van der Waals surface area contributed by atoms with E-state index in [9.17, 15) is 4.79 Å². The number of anilines is 1. The fraction of sp³-hybridized carbons (Fsp3) is 0.647. The molecular formula is C17H26N6O3. The summed E-state index contributed by atoms with van der Waals surface area (Å²) in [4.78, 5) is 21.0. The predicted octanol–water partition coefficient (Wildman–Crippen LogP) is 1.81. The zero-order chi connectivity index (χ0) is 18.7. The van der Waals surface area contributed by atoms with Crippen LogP contribution in [-0.4, -0.2) is 63.7 Å². The molecule has 1 aliphatic rings. The Balaban J connectivity index is 1.46. The molecule has 2 aromatic rings. The molecule has 3 heterocycles. The van der Waals surface area contributed by atoms with Gasteiger partial charge in [-0.25, -0.2) is 0 Å². The number of nitrogens with zero attached hydrogens (tertiary/aromatic N) is 5. The Morgan fingerprint density at radius 3 is 2.50 bits per heavy atom. The van der Waals surface area contributed by atoms with Crippen LogP contribution < -0.4 is 5.32 Å². The number of hydrogen-bond donors (Lipinski definition) is 1. The second kappa shape index (κ2) is 7.96. The molecule has 9 heteroatoms. The molecule has 0 unspecified atom stereocenters. The molecule has 142 valence electrons. The minimum Gasteiger partial charge on any atom is -0.360 e. The van der Waals surface area contributed by atoms with Crippen molar-refractivity contribution < 1.29 is 13.8 Å². The molecule has 0 saturated carbocycles. The van der Waals surface area contributed by atoms with Gasteiger partial charge in [-0.1, -0.05) is 24.2 Å². The molecule has 0 aliphatic carbocycles. The fourth-order valence-electron chi connectivity index (χ4n) is 2.93. The molecule has 9 nitrogen and oxygen atoms in total. The predicted molar refractivity (Wildman–Crippen MR) is 94.7 cm³/mol. The number of piperazine rings is 1. The first-order valence-corrected chi connectivity index (χ1v) is 8.95. The Hall–Kier alpha value is -2.26. The van der Waals surface area contributed by atoms with Gasteiger partial charge in [-0.3, -0.25) is 14.6 Å². The van der Waals surface area contributed by atoms with E-state index in [-0.39, 0.29) is 17.9 Å². The van der Waals surface area contributed by atoms with E-state index in [2.05, 4.69) is 37.3 Å². The van der Waals surface area contributed by atoms with E-state index in [0.29, 0.717) is 24.0 Å². The third kappa shape index (κ3) is 4.47. The van der Waals surface area contributed by atoms with Crippen LogP contribution in [0.15, 0.2) is 15.1 Å². The Morgan fingerprint density at radius 2 is 1.92 bits per heavy atom. The highest BCUT2D eigenvalue weighted by atomic mass is 16.5. The second-order valence-corrected chi connectivity index (χ2v) is 7.00. The van der Waals surface area contributed by atoms with Crippen molar-refractivity contribution >= 4 is 11.7 Å². The lowest BCUT2D eigenvalue weighted by atomic mass is 10.2. The Bertz CT molecular complexity index is 732. The molecule has 0 bridgehead atoms. The molecule has 2 aromatic heterocycles. The first-order chi connectivity index (χ1) is 12.4. The highest BCUT2D eigenvalue weighted by Crippen LogP contribution is 2.21. The maximum absolute atomic E-state index is 12.1. The zero-order valence-corrected chi connectivity index (χ0v) is 15.7. The summed E-state index contributed by atoms with van der Waals surface area (Å²) in [6, 6.07) is 1.77. The van der Waals surface area contributed by atoms with Crippen LogP contribution in [0.1, 0.15) is 50.2 Å². The second-order valence-electron chi connectivity index (χ2n) is 7.00. The zero-order valence-electron chi connectivity index (χ0n) is 15.7. The average Bonchev–Trinajstić information content (AvgIpc) is 3.24. The van der Waals surface area contributed by atoms with Crippen LogP contribution in [-0.2, 0) is 4.79 Å². The summed E-state index contributed by atoms with van der Waals surface area (Å²) in [5.41, 5.74) is 0. The van der Waals surface area contributed by atoms with Crippen LogP contribution in [0.4, 0.5) is 5.82 Å². The summed E-state index contributed by atoms with van der Waals surface area (Å²) in [5, 5.41) is 10.6. The average molecular weight is 362 g/mol. The van der Waals surface area contributed by atoms with Crippen molar-refractivity contribution in [3.05, 3.63) is 23.5 Å². The first kappa shape index (κ1) is 18.5. The molecule has 0 aromatic carbocycles. The fourth-order valence-corrected chi connectivity index (χ4v) is 2.93. The number of aromatic nitrogens is 3. The summed E-state index contributed by atoms with van der Waals surface area (Å²) in [5.74, 6) is 2.69. The summed E-state index contributed by atoms with van der Waals surface area (Å²) in [6.45, 7) is 11.6. The van der Waals surface area contributed by atoms with Crippen molar-refractivity contribution in [1.82, 2.24) is 25.1 Å². The third-order valence-electron chi connectivity index (χ3n) is 4.55. The molecule has 0 radical (unpaired) electrons. The number of nitrogens with one attached hydrogen (secondary N) is 1. The van der Waals surface area contributed by atoms with Gasteiger partial charge in [-0.2, -0.15) is 4.98 Å². The minimum absolute atomic E-state index is 0.0732. The van der Waals surface area contributed by atoms with Gasteiger partial charge in [0.05, 0.1) is 12.6 Å². The Labute approximate surface area is 152 Å². The molecular weight excluding hydrogens is 336 g/mol. The van der Waals surface area contributed by atoms with Crippen LogP contribution in [0.25, 0.3) is 0 Å². The summed E-state index contributed by atoms with van der Waals surface area (Å²) >= 11 is 0. The first-order valence-electron chi connectivity index (χ1n) is 8.95. The van der Waals surface area contributed by atoms with E-state index in [4.69, 9.17) is 9.05 Å². The molecule has 1 atom stereocenters. The number of hydrogen-bond acceptors (Lipinski definition) is 8. The monoisotopic (exact) mass is 362 g/mol. The number of amides is 1. The summed E-state index contributed by atoms with van der Waals surface area (Å²) < 4.78 is 10.4. The number of carbonyl (C=O) groups excluding carboxylic acids is 1. The summed E-state index contributed by atoms with van der Waals surface area (Å²) in [6.07, 6.45) is 0. The Morgan fingerprint density at radius 1 is 1.19 bits per heavy atom. The number of rotatable bonds is 6. The SMILES string of the molecule is Cc1cc(NC(=O)CN2CCN([C@@H](C)c3nc(C(C)C)no3)CC2)no1. The van der Waals surface area contributed by atoms with Crippen molar-refractivity contribution in [2.24, 2.45) is 0 Å². The van der Waals surface area contributed by atoms with Crippen molar-refractivity contribution in [1.29, 1.82) is 0 Å². The van der Waals surface area contributed by atoms with Crippen molar-refractivity contribution in [3.63, 3.8) is 0 Å². The van der Waals surface area contributed by atoms with E-state index in [1.165, 1.54) is 0 Å². The van der Waals surface area contributed by atoms with Gasteiger partial charge < -0.3 is 14.4 Å². The number of carbonyl (C=O) groups is 1. The molecule has 1 saturated heterocycles. The lowest BCUT2D eigenvalue weighted by Crippen LogP contribution is -2.49. The maximum Gasteiger partial charge on any atom is 0.243 e. The van der Waals surface area contributed by atoms with Crippen molar-refractivity contribution in [2.75, 3.05) is 38.0 Å². The maximum atomic E-state index is 12.1. The normalized spacial score (nSPS) is 17.6. The number of aryl methyl sites for hydroxylation is 1. The van der Waals surface area contributed by atoms with Gasteiger partial charge in [-0.15, -0.1) is 0 Å². The lowest BCUT2D eigenvalue weighted by Gasteiger charge is -2.36. The standard InChI is InChI=1S/C17H26N6O3/c1-11(2)16-19-17(26-21-16)13(4)23-7-5-22(6-8-23)10-15(24)18-14-9-12(3)25-20-14/h9,11,13H,5-8,10H2,1-4H3,(H,18,20,24)/t13-/m0/s1. The largest absolute Gasteiger partial charge is 0.360 e. The molecule has 0 spiro atoms. The van der Waals surface area contributed by atoms with Crippen molar-refractivity contribution in [3.8, 4) is 0 Å². The van der Waals surface area contributed by atoms with Crippen LogP contribution >= 0.6 is 0 Å². The van der Waals surface area contributed by atoms with E-state index in [1.807, 2.05) is 13.8 Å². The van der Waals surface area contributed by atoms with Crippen LogP contribution in [0, 0.1) is 6.92 Å². The summed E-state index contributed by atoms with van der Waals surface area (Å²) in [7, 11) is 0. The van der Waals surface area contributed by atoms with E-state index < -0.39 is 0 Å². The molecule has 1 fully saturated rings. The minimum atomic E-state index is -0.0849. The molecule has 26 heavy (non-hydrogen) atoms. The third-order valence-corrected chi connectivity index (χ3v) is 4.55. The van der Waals surface area contributed by atoms with E-state index in [1.54, 1.807) is 13.0 Å². The molecule has 1 aliphatic heterocycles. The molecule has 1 amide bonds. The Kier molecular flexibility index (Phi) is 5.67. The van der Waals surface area contributed by atoms with E-state index >= 15 is 0 Å². The van der Waals surface area contributed by atoms with Crippen molar-refractivity contribution in [2.45, 2.75) is 39.7 Å². The van der Waals surface area contributed by atoms with Gasteiger partial charge in [0.1, 0.15) is 5.76 Å². The van der Waals surface area contributed by atoms with Gasteiger partial charge in [-0.05, 0) is 13.8 Å². The smallest absolute Gasteiger partial charge is 0.243 e. The van der Waals surface area contributed by atoms with Crippen LogP contribution in [0.3, 0.4) is 0 Å². The quantitative estimate of drug-likeness (QED) is 0.830. The highest BCUT2D eigenvalue weighted by Gasteiger charge is 2.27. The van der Waals surface area contributed by atoms with Gasteiger partial charge in [0.15, 0.2) is 11.6 Å². The van der Waals surface area contributed by atoms with Gasteiger partial charge in [0.25, 0.3) is 0 Å². The van der Waals surface area contributed by atoms with Gasteiger partial charge in [0, 0.05) is 38.2 Å². The molecule has 1 N–H and O–H groups in total. The highest BCUT2D eigenvalue weighted by molar-refractivity contribution is 5.91. The van der Waals surface area contributed by atoms with Crippen LogP contribution in [0.5, 0.6) is 0 Å². The van der Waals surface area contributed by atoms with Crippen LogP contribution in [0.2, 0.25) is 0 Å². The lowest BCUT2D eigenvalue weighted by molar-refractivity contribution is -0.117.